The Kier molecular flexibility index (Phi) is 1.58. The summed E-state index contributed by atoms with van der Waals surface area (Å²) in [7, 11) is 1.74. The molecule has 1 heterocycles. The monoisotopic (exact) mass is 226 g/mol. The second-order valence-corrected chi connectivity index (χ2v) is 3.48. The first-order valence-corrected chi connectivity index (χ1v) is 4.32. The Bertz CT molecular complexity index is 483. The molecule has 0 aliphatic heterocycles. The van der Waals surface area contributed by atoms with Gasteiger partial charge in [0.25, 0.3) is 0 Å². The van der Waals surface area contributed by atoms with Crippen molar-refractivity contribution in [1.29, 1.82) is 0 Å². The molecule has 1 N–H and O–H groups in total. The van der Waals surface area contributed by atoms with Gasteiger partial charge in [-0.05, 0) is 28.1 Å². The molecule has 0 radical (unpaired) electrons. The summed E-state index contributed by atoms with van der Waals surface area (Å²) in [6.07, 6.45) is 0. The molecule has 62 valence electrons. The van der Waals surface area contributed by atoms with Crippen LogP contribution in [0.1, 0.15) is 0 Å². The van der Waals surface area contributed by atoms with Crippen molar-refractivity contribution in [3.8, 4) is 0 Å². The van der Waals surface area contributed by atoms with Crippen molar-refractivity contribution in [2.75, 3.05) is 0 Å². The van der Waals surface area contributed by atoms with Gasteiger partial charge in [0.05, 0.1) is 11.0 Å². The largest absolute Gasteiger partial charge is 0.326 e. The molecule has 3 nitrogen and oxygen atoms in total. The number of halogens is 1. The van der Waals surface area contributed by atoms with Crippen LogP contribution in [0.15, 0.2) is 27.5 Å². The van der Waals surface area contributed by atoms with Crippen LogP contribution in [0, 0.1) is 0 Å². The average Bonchev–Trinajstić information content (AvgIpc) is 2.29. The number of benzene rings is 1. The van der Waals surface area contributed by atoms with Crippen LogP contribution < -0.4 is 5.69 Å². The zero-order valence-electron chi connectivity index (χ0n) is 6.47. The van der Waals surface area contributed by atoms with Crippen molar-refractivity contribution < 1.29 is 0 Å². The molecule has 4 heteroatoms. The van der Waals surface area contributed by atoms with Gasteiger partial charge in [-0.3, -0.25) is 4.57 Å². The number of nitrogens with zero attached hydrogens (tertiary/aromatic N) is 1. The maximum Gasteiger partial charge on any atom is 0.326 e. The number of para-hydroxylation sites is 1. The highest BCUT2D eigenvalue weighted by molar-refractivity contribution is 9.10. The van der Waals surface area contributed by atoms with Crippen LogP contribution in [0.5, 0.6) is 0 Å². The van der Waals surface area contributed by atoms with E-state index >= 15 is 0 Å². The zero-order valence-corrected chi connectivity index (χ0v) is 8.05. The van der Waals surface area contributed by atoms with Crippen molar-refractivity contribution in [1.82, 2.24) is 9.55 Å². The van der Waals surface area contributed by atoms with E-state index in [1.807, 2.05) is 18.2 Å². The van der Waals surface area contributed by atoms with Crippen molar-refractivity contribution in [2.24, 2.45) is 7.05 Å². The minimum atomic E-state index is -0.0862. The molecule has 0 unspecified atom stereocenters. The van der Waals surface area contributed by atoms with E-state index in [2.05, 4.69) is 20.9 Å². The van der Waals surface area contributed by atoms with E-state index in [0.717, 1.165) is 15.5 Å². The standard InChI is InChI=1S/C8H7BrN2O/c1-11-7-5(9)3-2-4-6(7)10-8(11)12/h2-4H,1H3,(H,10,12). The molecular weight excluding hydrogens is 220 g/mol. The van der Waals surface area contributed by atoms with E-state index in [9.17, 15) is 4.79 Å². The van der Waals surface area contributed by atoms with E-state index in [1.54, 1.807) is 11.6 Å². The predicted octanol–water partition coefficient (Wildman–Crippen LogP) is 1.63. The Morgan fingerprint density at radius 1 is 1.50 bits per heavy atom. The molecule has 0 bridgehead atoms. The van der Waals surface area contributed by atoms with Crippen LogP contribution in [-0.2, 0) is 7.05 Å². The van der Waals surface area contributed by atoms with Crippen LogP contribution in [-0.4, -0.2) is 9.55 Å². The van der Waals surface area contributed by atoms with Crippen LogP contribution >= 0.6 is 15.9 Å². The van der Waals surface area contributed by atoms with Gasteiger partial charge in [-0.25, -0.2) is 4.79 Å². The number of hydrogen-bond donors (Lipinski definition) is 1. The van der Waals surface area contributed by atoms with E-state index in [-0.39, 0.29) is 5.69 Å². The van der Waals surface area contributed by atoms with Gasteiger partial charge in [0.2, 0.25) is 0 Å². The quantitative estimate of drug-likeness (QED) is 0.729. The fourth-order valence-electron chi connectivity index (χ4n) is 1.26. The Balaban J connectivity index is 3.07. The third kappa shape index (κ3) is 0.914. The fourth-order valence-corrected chi connectivity index (χ4v) is 1.89. The fraction of sp³-hybridized carbons (Fsp3) is 0.125. The first kappa shape index (κ1) is 7.61. The number of imidazole rings is 1. The van der Waals surface area contributed by atoms with Gasteiger partial charge in [-0.2, -0.15) is 0 Å². The van der Waals surface area contributed by atoms with Crippen molar-refractivity contribution in [2.45, 2.75) is 0 Å². The summed E-state index contributed by atoms with van der Waals surface area (Å²) in [5.41, 5.74) is 1.68. The lowest BCUT2D eigenvalue weighted by Gasteiger charge is -1.95. The number of hydrogen-bond acceptors (Lipinski definition) is 1. The number of nitrogens with one attached hydrogen (secondary N) is 1. The minimum Gasteiger partial charge on any atom is -0.306 e. The lowest BCUT2D eigenvalue weighted by molar-refractivity contribution is 0.890. The third-order valence-electron chi connectivity index (χ3n) is 1.87. The van der Waals surface area contributed by atoms with Crippen LogP contribution in [0.3, 0.4) is 0 Å². The van der Waals surface area contributed by atoms with Crippen molar-refractivity contribution in [3.05, 3.63) is 33.2 Å². The van der Waals surface area contributed by atoms with Gasteiger partial charge in [0.15, 0.2) is 0 Å². The Morgan fingerprint density at radius 3 is 2.92 bits per heavy atom. The summed E-state index contributed by atoms with van der Waals surface area (Å²) in [5, 5.41) is 0. The van der Waals surface area contributed by atoms with Gasteiger partial charge in [-0.15, -0.1) is 0 Å². The molecular formula is C8H7BrN2O. The second-order valence-electron chi connectivity index (χ2n) is 2.63. The molecule has 0 saturated heterocycles. The van der Waals surface area contributed by atoms with Gasteiger partial charge in [0.1, 0.15) is 0 Å². The molecule has 0 saturated carbocycles. The maximum atomic E-state index is 11.2. The Morgan fingerprint density at radius 2 is 2.25 bits per heavy atom. The number of rotatable bonds is 0. The highest BCUT2D eigenvalue weighted by Crippen LogP contribution is 2.20. The van der Waals surface area contributed by atoms with E-state index in [1.165, 1.54) is 0 Å². The van der Waals surface area contributed by atoms with Crippen LogP contribution in [0.4, 0.5) is 0 Å². The lowest BCUT2D eigenvalue weighted by atomic mass is 10.3. The summed E-state index contributed by atoms with van der Waals surface area (Å²) in [6.45, 7) is 0. The summed E-state index contributed by atoms with van der Waals surface area (Å²) in [5.74, 6) is 0. The molecule has 1 aromatic carbocycles. The number of aromatic nitrogens is 2. The Labute approximate surface area is 77.1 Å². The molecule has 0 aliphatic rings. The third-order valence-corrected chi connectivity index (χ3v) is 2.51. The molecule has 2 aromatic rings. The van der Waals surface area contributed by atoms with E-state index in [4.69, 9.17) is 0 Å². The lowest BCUT2D eigenvalue weighted by Crippen LogP contribution is -2.11. The predicted molar refractivity (Wildman–Crippen MR) is 51.2 cm³/mol. The highest BCUT2D eigenvalue weighted by atomic mass is 79.9. The van der Waals surface area contributed by atoms with Gasteiger partial charge >= 0.3 is 5.69 Å². The summed E-state index contributed by atoms with van der Waals surface area (Å²) in [6, 6.07) is 5.68. The van der Waals surface area contributed by atoms with Crippen molar-refractivity contribution >= 4 is 27.0 Å². The minimum absolute atomic E-state index is 0.0862. The first-order valence-electron chi connectivity index (χ1n) is 3.53. The number of H-pyrrole nitrogens is 1. The average molecular weight is 227 g/mol. The van der Waals surface area contributed by atoms with Gasteiger partial charge in [-0.1, -0.05) is 6.07 Å². The molecule has 0 atom stereocenters. The maximum absolute atomic E-state index is 11.2. The Hall–Kier alpha value is -1.03. The van der Waals surface area contributed by atoms with E-state index < -0.39 is 0 Å². The highest BCUT2D eigenvalue weighted by Gasteiger charge is 2.04. The van der Waals surface area contributed by atoms with Crippen molar-refractivity contribution in [3.63, 3.8) is 0 Å². The van der Waals surface area contributed by atoms with E-state index in [0.29, 0.717) is 0 Å². The summed E-state index contributed by atoms with van der Waals surface area (Å²) < 4.78 is 2.51. The van der Waals surface area contributed by atoms with Crippen LogP contribution in [0.2, 0.25) is 0 Å². The zero-order chi connectivity index (χ0) is 8.72. The number of aromatic amines is 1. The molecule has 0 spiro atoms. The molecule has 0 aliphatic carbocycles. The molecule has 0 amide bonds. The summed E-state index contributed by atoms with van der Waals surface area (Å²) in [4.78, 5) is 13.9. The SMILES string of the molecule is Cn1c(=O)[nH]c2cccc(Br)c21. The number of fused-ring (bicyclic) bond motifs is 1. The first-order chi connectivity index (χ1) is 5.70. The second kappa shape index (κ2) is 2.48. The topological polar surface area (TPSA) is 37.8 Å². The normalized spacial score (nSPS) is 10.8. The molecule has 12 heavy (non-hydrogen) atoms. The smallest absolute Gasteiger partial charge is 0.306 e. The summed E-state index contributed by atoms with van der Waals surface area (Å²) >= 11 is 3.38. The van der Waals surface area contributed by atoms with Gasteiger partial charge in [0, 0.05) is 11.5 Å². The number of aryl methyl sites for hydroxylation is 1. The van der Waals surface area contributed by atoms with Crippen LogP contribution in [0.25, 0.3) is 11.0 Å². The molecule has 0 fully saturated rings. The van der Waals surface area contributed by atoms with Gasteiger partial charge < -0.3 is 4.98 Å². The molecule has 1 aromatic heterocycles. The molecule has 2 rings (SSSR count).